The van der Waals surface area contributed by atoms with Gasteiger partial charge in [-0.1, -0.05) is 19.9 Å². The maximum atomic E-state index is 12.4. The molecule has 1 unspecified atom stereocenters. The number of pyridine rings is 1. The molecule has 31 heavy (non-hydrogen) atoms. The molecule has 3 aromatic rings. The van der Waals surface area contributed by atoms with Crippen molar-refractivity contribution in [2.75, 3.05) is 7.11 Å². The van der Waals surface area contributed by atoms with Gasteiger partial charge in [0.15, 0.2) is 5.82 Å². The first kappa shape index (κ1) is 22.5. The van der Waals surface area contributed by atoms with Crippen LogP contribution in [0.1, 0.15) is 52.9 Å². The zero-order valence-corrected chi connectivity index (χ0v) is 19.0. The summed E-state index contributed by atoms with van der Waals surface area (Å²) >= 11 is 0. The van der Waals surface area contributed by atoms with E-state index in [9.17, 15) is 4.79 Å². The first-order valence-corrected chi connectivity index (χ1v) is 10.4. The molecule has 0 saturated carbocycles. The van der Waals surface area contributed by atoms with E-state index in [0.29, 0.717) is 24.0 Å². The van der Waals surface area contributed by atoms with Crippen molar-refractivity contribution in [3.05, 3.63) is 48.5 Å². The Kier molecular flexibility index (Phi) is 6.73. The summed E-state index contributed by atoms with van der Waals surface area (Å²) in [5, 5.41) is 3.73. The summed E-state index contributed by atoms with van der Waals surface area (Å²) in [6.07, 6.45) is 3.70. The smallest absolute Gasteiger partial charge is 0.408 e. The Labute approximate surface area is 183 Å². The van der Waals surface area contributed by atoms with Gasteiger partial charge in [0.2, 0.25) is 5.88 Å². The fourth-order valence-corrected chi connectivity index (χ4v) is 3.30. The largest absolute Gasteiger partial charge is 0.480 e. The number of rotatable bonds is 6. The van der Waals surface area contributed by atoms with Crippen molar-refractivity contribution in [3.8, 4) is 17.0 Å². The Balaban J connectivity index is 2.00. The summed E-state index contributed by atoms with van der Waals surface area (Å²) in [6, 6.07) is 9.46. The molecule has 0 saturated heterocycles. The number of fused-ring (bicyclic) bond motifs is 1. The monoisotopic (exact) mass is 422 g/mol. The number of hydrogen-bond acceptors (Lipinski definition) is 6. The van der Waals surface area contributed by atoms with Gasteiger partial charge in [0.1, 0.15) is 5.60 Å². The highest BCUT2D eigenvalue weighted by Gasteiger charge is 2.24. The first-order chi connectivity index (χ1) is 14.7. The van der Waals surface area contributed by atoms with Crippen LogP contribution in [0.4, 0.5) is 4.79 Å². The molecule has 7 heteroatoms. The summed E-state index contributed by atoms with van der Waals surface area (Å²) in [5.74, 6) is 1.29. The zero-order valence-electron chi connectivity index (χ0n) is 19.0. The average molecular weight is 423 g/mol. The van der Waals surface area contributed by atoms with Crippen molar-refractivity contribution >= 4 is 17.0 Å². The molecule has 0 aliphatic heterocycles. The number of nitrogens with zero attached hydrogens (tertiary/aromatic N) is 3. The van der Waals surface area contributed by atoms with Crippen LogP contribution in [0.2, 0.25) is 0 Å². The fraction of sp³-hybridized carbons (Fsp3) is 0.417. The second-order valence-corrected chi connectivity index (χ2v) is 8.89. The molecule has 0 radical (unpaired) electrons. The summed E-state index contributed by atoms with van der Waals surface area (Å²) in [4.78, 5) is 25.9. The van der Waals surface area contributed by atoms with Crippen LogP contribution in [0.3, 0.4) is 0 Å². The van der Waals surface area contributed by atoms with Gasteiger partial charge in [-0.05, 0) is 68.5 Å². The highest BCUT2D eigenvalue weighted by Crippen LogP contribution is 2.30. The summed E-state index contributed by atoms with van der Waals surface area (Å²) < 4.78 is 11.0. The van der Waals surface area contributed by atoms with Crippen LogP contribution in [0.15, 0.2) is 42.7 Å². The predicted molar refractivity (Wildman–Crippen MR) is 121 cm³/mol. The maximum absolute atomic E-state index is 12.4. The number of carbonyl (C=O) groups excluding carboxylic acids is 1. The molecule has 0 bridgehead atoms. The average Bonchev–Trinajstić information content (AvgIpc) is 2.71. The molecular formula is C24H30N4O3. The lowest BCUT2D eigenvalue weighted by Gasteiger charge is -2.24. The number of amides is 1. The molecule has 1 N–H and O–H groups in total. The van der Waals surface area contributed by atoms with E-state index >= 15 is 0 Å². The number of hydrogen-bond donors (Lipinski definition) is 1. The molecule has 2 heterocycles. The molecule has 2 aromatic heterocycles. The Bertz CT molecular complexity index is 1050. The third kappa shape index (κ3) is 5.90. The maximum Gasteiger partial charge on any atom is 0.408 e. The molecule has 0 aliphatic carbocycles. The van der Waals surface area contributed by atoms with Crippen LogP contribution in [-0.4, -0.2) is 33.8 Å². The van der Waals surface area contributed by atoms with Gasteiger partial charge in [0.25, 0.3) is 0 Å². The lowest BCUT2D eigenvalue weighted by Crippen LogP contribution is -2.36. The van der Waals surface area contributed by atoms with Gasteiger partial charge in [0, 0.05) is 12.4 Å². The Morgan fingerprint density at radius 2 is 1.77 bits per heavy atom. The Morgan fingerprint density at radius 1 is 1.06 bits per heavy atom. The second kappa shape index (κ2) is 9.29. The van der Waals surface area contributed by atoms with E-state index in [-0.39, 0.29) is 0 Å². The third-order valence-electron chi connectivity index (χ3n) is 4.59. The van der Waals surface area contributed by atoms with Crippen LogP contribution < -0.4 is 10.1 Å². The molecule has 1 aromatic carbocycles. The molecule has 0 fully saturated rings. The Morgan fingerprint density at radius 3 is 2.39 bits per heavy atom. The molecule has 164 valence electrons. The number of methoxy groups -OCH3 is 1. The number of ether oxygens (including phenoxy) is 2. The topological polar surface area (TPSA) is 86.2 Å². The molecule has 1 amide bonds. The van der Waals surface area contributed by atoms with Crippen LogP contribution in [-0.2, 0) is 4.74 Å². The third-order valence-corrected chi connectivity index (χ3v) is 4.59. The molecule has 3 rings (SSSR count). The van der Waals surface area contributed by atoms with E-state index in [4.69, 9.17) is 14.5 Å². The number of carbonyl (C=O) groups is 1. The standard InChI is InChI=1S/C24H30N4O3/c1-15(2)13-20(27-23(29)31-24(3,4)5)21-26-19-8-7-17(16-9-11-25-12-10-16)14-18(19)22(28-21)30-6/h7-12,14-15,20H,13H2,1-6H3,(H,27,29). The van der Waals surface area contributed by atoms with Gasteiger partial charge in [0.05, 0.1) is 24.1 Å². The van der Waals surface area contributed by atoms with Crippen molar-refractivity contribution in [2.24, 2.45) is 5.92 Å². The quantitative estimate of drug-likeness (QED) is 0.579. The van der Waals surface area contributed by atoms with Crippen molar-refractivity contribution in [1.82, 2.24) is 20.3 Å². The lowest BCUT2D eigenvalue weighted by atomic mass is 10.0. The minimum absolute atomic E-state index is 0.319. The minimum Gasteiger partial charge on any atom is -0.480 e. The predicted octanol–water partition coefficient (Wildman–Crippen LogP) is 5.31. The van der Waals surface area contributed by atoms with Gasteiger partial charge < -0.3 is 14.8 Å². The number of aromatic nitrogens is 3. The summed E-state index contributed by atoms with van der Waals surface area (Å²) in [7, 11) is 1.59. The molecule has 7 nitrogen and oxygen atoms in total. The fourth-order valence-electron chi connectivity index (χ4n) is 3.30. The van der Waals surface area contributed by atoms with Crippen molar-refractivity contribution in [2.45, 2.75) is 52.7 Å². The van der Waals surface area contributed by atoms with Crippen LogP contribution in [0, 0.1) is 5.92 Å². The molecule has 0 aliphatic rings. The van der Waals surface area contributed by atoms with Gasteiger partial charge in [-0.3, -0.25) is 4.98 Å². The minimum atomic E-state index is -0.586. The van der Waals surface area contributed by atoms with E-state index in [1.54, 1.807) is 19.5 Å². The molecular weight excluding hydrogens is 392 g/mol. The van der Waals surface area contributed by atoms with Gasteiger partial charge in [-0.15, -0.1) is 0 Å². The number of benzene rings is 1. The van der Waals surface area contributed by atoms with Crippen molar-refractivity contribution in [3.63, 3.8) is 0 Å². The van der Waals surface area contributed by atoms with Crippen molar-refractivity contribution in [1.29, 1.82) is 0 Å². The van der Waals surface area contributed by atoms with E-state index in [1.807, 2.05) is 51.1 Å². The SMILES string of the molecule is COc1nc(C(CC(C)C)NC(=O)OC(C)(C)C)nc2ccc(-c3ccncc3)cc12. The van der Waals surface area contributed by atoms with E-state index in [2.05, 4.69) is 29.1 Å². The first-order valence-electron chi connectivity index (χ1n) is 10.4. The summed E-state index contributed by atoms with van der Waals surface area (Å²) in [6.45, 7) is 9.67. The van der Waals surface area contributed by atoms with E-state index in [0.717, 1.165) is 22.0 Å². The van der Waals surface area contributed by atoms with Crippen LogP contribution >= 0.6 is 0 Å². The number of nitrogens with one attached hydrogen (secondary N) is 1. The van der Waals surface area contributed by atoms with Gasteiger partial charge in [-0.2, -0.15) is 4.98 Å². The van der Waals surface area contributed by atoms with E-state index in [1.165, 1.54) is 0 Å². The normalized spacial score (nSPS) is 12.6. The van der Waals surface area contributed by atoms with Crippen LogP contribution in [0.5, 0.6) is 5.88 Å². The molecule has 1 atom stereocenters. The van der Waals surface area contributed by atoms with Crippen LogP contribution in [0.25, 0.3) is 22.0 Å². The highest BCUT2D eigenvalue weighted by atomic mass is 16.6. The highest BCUT2D eigenvalue weighted by molar-refractivity contribution is 5.88. The molecule has 0 spiro atoms. The van der Waals surface area contributed by atoms with Crippen molar-refractivity contribution < 1.29 is 14.3 Å². The lowest BCUT2D eigenvalue weighted by molar-refractivity contribution is 0.0495. The Hall–Kier alpha value is -3.22. The van der Waals surface area contributed by atoms with Gasteiger partial charge >= 0.3 is 6.09 Å². The van der Waals surface area contributed by atoms with E-state index < -0.39 is 17.7 Å². The summed E-state index contributed by atoms with van der Waals surface area (Å²) in [5.41, 5.74) is 2.24. The number of alkyl carbamates (subject to hydrolysis) is 1. The van der Waals surface area contributed by atoms with Gasteiger partial charge in [-0.25, -0.2) is 9.78 Å². The second-order valence-electron chi connectivity index (χ2n) is 8.89. The zero-order chi connectivity index (χ0) is 22.6.